The summed E-state index contributed by atoms with van der Waals surface area (Å²) in [6.45, 7) is -0.240. The lowest BCUT2D eigenvalue weighted by atomic mass is 10.3. The molecule has 1 atom stereocenters. The molecule has 0 aliphatic carbocycles. The lowest BCUT2D eigenvalue weighted by Crippen LogP contribution is -2.33. The van der Waals surface area contributed by atoms with Crippen LogP contribution in [0.5, 0.6) is 0 Å². The number of primary amides is 1. The van der Waals surface area contributed by atoms with E-state index in [2.05, 4.69) is 10.3 Å². The highest BCUT2D eigenvalue weighted by atomic mass is 32.2. The third-order valence-electron chi connectivity index (χ3n) is 1.70. The SMILES string of the molecule is NC(=O)CONC1CCS(=O)(=O)C1. The summed E-state index contributed by atoms with van der Waals surface area (Å²) in [5, 5.41) is 0. The maximum Gasteiger partial charge on any atom is 0.245 e. The summed E-state index contributed by atoms with van der Waals surface area (Å²) < 4.78 is 21.9. The number of carbonyl (C=O) groups is 1. The van der Waals surface area contributed by atoms with Crippen LogP contribution in [-0.4, -0.2) is 38.5 Å². The van der Waals surface area contributed by atoms with Gasteiger partial charge in [0.15, 0.2) is 9.84 Å². The molecule has 7 heteroatoms. The van der Waals surface area contributed by atoms with Gasteiger partial charge in [-0.1, -0.05) is 0 Å². The first kappa shape index (κ1) is 10.4. The predicted molar refractivity (Wildman–Crippen MR) is 45.3 cm³/mol. The second-order valence-corrected chi connectivity index (χ2v) is 5.20. The average molecular weight is 208 g/mol. The highest BCUT2D eigenvalue weighted by Gasteiger charge is 2.27. The van der Waals surface area contributed by atoms with Crippen molar-refractivity contribution < 1.29 is 18.0 Å². The molecule has 1 unspecified atom stereocenters. The van der Waals surface area contributed by atoms with Gasteiger partial charge in [0, 0.05) is 6.04 Å². The molecule has 3 N–H and O–H groups in total. The van der Waals surface area contributed by atoms with Crippen molar-refractivity contribution in [2.75, 3.05) is 18.1 Å². The minimum absolute atomic E-state index is 0.0613. The smallest absolute Gasteiger partial charge is 0.245 e. The minimum atomic E-state index is -2.90. The van der Waals surface area contributed by atoms with Gasteiger partial charge in [-0.05, 0) is 6.42 Å². The maximum atomic E-state index is 11.0. The molecule has 1 heterocycles. The van der Waals surface area contributed by atoms with E-state index in [4.69, 9.17) is 5.73 Å². The quantitative estimate of drug-likeness (QED) is 0.530. The number of carbonyl (C=O) groups excluding carboxylic acids is 1. The van der Waals surface area contributed by atoms with Gasteiger partial charge in [0.1, 0.15) is 6.61 Å². The highest BCUT2D eigenvalue weighted by Crippen LogP contribution is 2.10. The molecule has 0 saturated carbocycles. The number of hydroxylamine groups is 1. The Bertz CT molecular complexity index is 287. The molecule has 1 saturated heterocycles. The van der Waals surface area contributed by atoms with E-state index in [0.717, 1.165) is 0 Å². The summed E-state index contributed by atoms with van der Waals surface area (Å²) in [4.78, 5) is 14.9. The van der Waals surface area contributed by atoms with Crippen molar-refractivity contribution >= 4 is 15.7 Å². The van der Waals surface area contributed by atoms with E-state index >= 15 is 0 Å². The Morgan fingerprint density at radius 3 is 2.77 bits per heavy atom. The van der Waals surface area contributed by atoms with Crippen LogP contribution in [0.2, 0.25) is 0 Å². The number of sulfone groups is 1. The lowest BCUT2D eigenvalue weighted by Gasteiger charge is -2.08. The summed E-state index contributed by atoms with van der Waals surface area (Å²) in [7, 11) is -2.90. The van der Waals surface area contributed by atoms with E-state index in [1.54, 1.807) is 0 Å². The third-order valence-corrected chi connectivity index (χ3v) is 3.46. The molecular formula is C6H12N2O4S. The van der Waals surface area contributed by atoms with E-state index in [-0.39, 0.29) is 24.2 Å². The Balaban J connectivity index is 2.22. The number of nitrogens with two attached hydrogens (primary N) is 1. The molecule has 1 rings (SSSR count). The first-order valence-electron chi connectivity index (χ1n) is 3.86. The molecular weight excluding hydrogens is 196 g/mol. The molecule has 76 valence electrons. The zero-order valence-corrected chi connectivity index (χ0v) is 7.84. The Kier molecular flexibility index (Phi) is 3.23. The second-order valence-electron chi connectivity index (χ2n) is 2.97. The van der Waals surface area contributed by atoms with Crippen molar-refractivity contribution in [2.45, 2.75) is 12.5 Å². The van der Waals surface area contributed by atoms with Crippen molar-refractivity contribution in [1.29, 1.82) is 0 Å². The molecule has 0 spiro atoms. The van der Waals surface area contributed by atoms with Crippen LogP contribution in [0.1, 0.15) is 6.42 Å². The first-order chi connectivity index (χ1) is 5.99. The van der Waals surface area contributed by atoms with E-state index < -0.39 is 15.7 Å². The fourth-order valence-electron chi connectivity index (χ4n) is 1.12. The van der Waals surface area contributed by atoms with Crippen LogP contribution < -0.4 is 11.2 Å². The van der Waals surface area contributed by atoms with Gasteiger partial charge in [0.05, 0.1) is 11.5 Å². The van der Waals surface area contributed by atoms with Crippen LogP contribution in [0.4, 0.5) is 0 Å². The van der Waals surface area contributed by atoms with Crippen molar-refractivity contribution in [3.8, 4) is 0 Å². The van der Waals surface area contributed by atoms with Gasteiger partial charge in [0.2, 0.25) is 5.91 Å². The monoisotopic (exact) mass is 208 g/mol. The largest absolute Gasteiger partial charge is 0.368 e. The van der Waals surface area contributed by atoms with E-state index in [1.807, 2.05) is 0 Å². The van der Waals surface area contributed by atoms with Gasteiger partial charge in [0.25, 0.3) is 0 Å². The Hall–Kier alpha value is -0.660. The summed E-state index contributed by atoms with van der Waals surface area (Å²) >= 11 is 0. The van der Waals surface area contributed by atoms with E-state index in [0.29, 0.717) is 6.42 Å². The number of hydrogen-bond acceptors (Lipinski definition) is 5. The van der Waals surface area contributed by atoms with Gasteiger partial charge in [-0.3, -0.25) is 9.63 Å². The fraction of sp³-hybridized carbons (Fsp3) is 0.833. The standard InChI is InChI=1S/C6H12N2O4S/c7-6(9)3-12-8-5-1-2-13(10,11)4-5/h5,8H,1-4H2,(H2,7,9). The summed E-state index contributed by atoms with van der Waals surface area (Å²) in [6.07, 6.45) is 0.515. The van der Waals surface area contributed by atoms with Gasteiger partial charge in [-0.25, -0.2) is 8.42 Å². The van der Waals surface area contributed by atoms with Crippen LogP contribution >= 0.6 is 0 Å². The van der Waals surface area contributed by atoms with Gasteiger partial charge < -0.3 is 5.73 Å². The van der Waals surface area contributed by atoms with Crippen molar-refractivity contribution in [1.82, 2.24) is 5.48 Å². The normalized spacial score (nSPS) is 26.0. The van der Waals surface area contributed by atoms with Crippen LogP contribution in [0.15, 0.2) is 0 Å². The average Bonchev–Trinajstić information content (AvgIpc) is 2.29. The molecule has 0 radical (unpaired) electrons. The van der Waals surface area contributed by atoms with Gasteiger partial charge in [-0.15, -0.1) is 0 Å². The van der Waals surface area contributed by atoms with Crippen molar-refractivity contribution in [3.63, 3.8) is 0 Å². The topological polar surface area (TPSA) is 98.5 Å². The van der Waals surface area contributed by atoms with Crippen LogP contribution in [-0.2, 0) is 19.5 Å². The molecule has 1 aliphatic heterocycles. The van der Waals surface area contributed by atoms with Crippen LogP contribution in [0.25, 0.3) is 0 Å². The van der Waals surface area contributed by atoms with Crippen molar-refractivity contribution in [3.05, 3.63) is 0 Å². The second kappa shape index (κ2) is 4.03. The summed E-state index contributed by atoms with van der Waals surface area (Å²) in [5.74, 6) is -0.357. The number of rotatable bonds is 4. The summed E-state index contributed by atoms with van der Waals surface area (Å²) in [6, 6.07) is -0.218. The lowest BCUT2D eigenvalue weighted by molar-refractivity contribution is -0.125. The zero-order chi connectivity index (χ0) is 9.90. The molecule has 0 aromatic carbocycles. The summed E-state index contributed by atoms with van der Waals surface area (Å²) in [5.41, 5.74) is 7.30. The Morgan fingerprint density at radius 1 is 1.62 bits per heavy atom. The van der Waals surface area contributed by atoms with Crippen molar-refractivity contribution in [2.24, 2.45) is 5.73 Å². The van der Waals surface area contributed by atoms with E-state index in [9.17, 15) is 13.2 Å². The molecule has 0 aromatic heterocycles. The minimum Gasteiger partial charge on any atom is -0.368 e. The molecule has 0 aromatic rings. The molecule has 1 amide bonds. The molecule has 1 aliphatic rings. The molecule has 1 fully saturated rings. The number of amides is 1. The third kappa shape index (κ3) is 3.71. The Morgan fingerprint density at radius 2 is 2.31 bits per heavy atom. The fourth-order valence-corrected chi connectivity index (χ4v) is 2.78. The van der Waals surface area contributed by atoms with Gasteiger partial charge in [-0.2, -0.15) is 5.48 Å². The molecule has 13 heavy (non-hydrogen) atoms. The number of hydrogen-bond donors (Lipinski definition) is 2. The molecule has 0 bridgehead atoms. The predicted octanol–water partition coefficient (Wildman–Crippen LogP) is -1.82. The van der Waals surface area contributed by atoms with Crippen LogP contribution in [0.3, 0.4) is 0 Å². The number of nitrogens with one attached hydrogen (secondary N) is 1. The zero-order valence-electron chi connectivity index (χ0n) is 7.02. The maximum absolute atomic E-state index is 11.0. The van der Waals surface area contributed by atoms with Crippen LogP contribution in [0, 0.1) is 0 Å². The Labute approximate surface area is 76.3 Å². The molecule has 6 nitrogen and oxygen atoms in total. The highest BCUT2D eigenvalue weighted by molar-refractivity contribution is 7.91. The van der Waals surface area contributed by atoms with Gasteiger partial charge >= 0.3 is 0 Å². The van der Waals surface area contributed by atoms with E-state index in [1.165, 1.54) is 0 Å². The first-order valence-corrected chi connectivity index (χ1v) is 5.68.